The molecule has 0 atom stereocenters. The Morgan fingerprint density at radius 1 is 0.938 bits per heavy atom. The van der Waals surface area contributed by atoms with Gasteiger partial charge < -0.3 is 14.9 Å². The smallest absolute Gasteiger partial charge is 0.265 e. The minimum Gasteiger partial charge on any atom is -0.487 e. The number of fused-ring (bicyclic) bond motifs is 1. The summed E-state index contributed by atoms with van der Waals surface area (Å²) in [7, 11) is 0. The van der Waals surface area contributed by atoms with E-state index in [0.29, 0.717) is 23.1 Å². The minimum absolute atomic E-state index is 0.189. The molecule has 1 N–H and O–H groups in total. The van der Waals surface area contributed by atoms with Crippen LogP contribution in [0.3, 0.4) is 0 Å². The first-order valence-corrected chi connectivity index (χ1v) is 10.5. The zero-order valence-corrected chi connectivity index (χ0v) is 18.0. The van der Waals surface area contributed by atoms with E-state index in [1.165, 1.54) is 11.6 Å². The molecule has 0 aliphatic heterocycles. The maximum Gasteiger partial charge on any atom is 0.265 e. The number of amides is 1. The van der Waals surface area contributed by atoms with E-state index in [1.807, 2.05) is 48.5 Å². The van der Waals surface area contributed by atoms with Crippen molar-refractivity contribution >= 4 is 40.2 Å². The number of para-hydroxylation sites is 1. The number of hydrogen-bond donors (Lipinski definition) is 1. The number of nitrogens with zero attached hydrogens (tertiary/aromatic N) is 1. The second-order valence-electron chi connectivity index (χ2n) is 7.04. The molecular weight excluding hydrogens is 424 g/mol. The zero-order chi connectivity index (χ0) is 22.2. The molecule has 4 aromatic carbocycles. The molecule has 0 aromatic heterocycles. The molecule has 0 saturated heterocycles. The van der Waals surface area contributed by atoms with Crippen LogP contribution < -0.4 is 10.1 Å². The first-order chi connectivity index (χ1) is 15.7. The van der Waals surface area contributed by atoms with Crippen LogP contribution in [0.4, 0.5) is 5.69 Å². The van der Waals surface area contributed by atoms with Gasteiger partial charge in [-0.05, 0) is 52.2 Å². The second-order valence-corrected chi connectivity index (χ2v) is 7.45. The van der Waals surface area contributed by atoms with Gasteiger partial charge in [0, 0.05) is 5.69 Å². The predicted octanol–water partition coefficient (Wildman–Crippen LogP) is 6.06. The number of benzene rings is 4. The molecule has 4 aromatic rings. The quantitative estimate of drug-likeness (QED) is 0.265. The molecule has 0 spiro atoms. The van der Waals surface area contributed by atoms with E-state index in [4.69, 9.17) is 21.2 Å². The van der Waals surface area contributed by atoms with Gasteiger partial charge in [-0.25, -0.2) is 0 Å². The Labute approximate surface area is 191 Å². The molecule has 0 heterocycles. The van der Waals surface area contributed by atoms with E-state index in [-0.39, 0.29) is 12.5 Å². The lowest BCUT2D eigenvalue weighted by molar-refractivity contribution is -0.120. The first kappa shape index (κ1) is 21.4. The monoisotopic (exact) mass is 444 g/mol. The van der Waals surface area contributed by atoms with Crippen LogP contribution in [-0.4, -0.2) is 18.7 Å². The summed E-state index contributed by atoms with van der Waals surface area (Å²) >= 11 is 6.38. The summed E-state index contributed by atoms with van der Waals surface area (Å²) in [4.78, 5) is 16.9. The summed E-state index contributed by atoms with van der Waals surface area (Å²) < 4.78 is 5.94. The number of anilines is 1. The molecular formula is C26H21ClN2O3. The number of nitrogens with one attached hydrogen (secondary N) is 1. The molecule has 32 heavy (non-hydrogen) atoms. The number of ether oxygens (including phenoxy) is 1. The number of oxime groups is 1. The first-order valence-electron chi connectivity index (χ1n) is 10.1. The maximum absolute atomic E-state index is 11.8. The average molecular weight is 445 g/mol. The van der Waals surface area contributed by atoms with Crippen LogP contribution >= 0.6 is 11.6 Å². The van der Waals surface area contributed by atoms with Gasteiger partial charge in [0.05, 0.1) is 11.2 Å². The van der Waals surface area contributed by atoms with E-state index >= 15 is 0 Å². The molecule has 0 fully saturated rings. The molecule has 0 bridgehead atoms. The summed E-state index contributed by atoms with van der Waals surface area (Å²) in [6.07, 6.45) is 1.50. The fraction of sp³-hybridized carbons (Fsp3) is 0.0769. The van der Waals surface area contributed by atoms with Gasteiger partial charge >= 0.3 is 0 Å². The highest BCUT2D eigenvalue weighted by Crippen LogP contribution is 2.27. The lowest BCUT2D eigenvalue weighted by atomic mass is 10.1. The van der Waals surface area contributed by atoms with Crippen molar-refractivity contribution in [3.8, 4) is 5.75 Å². The fourth-order valence-corrected chi connectivity index (χ4v) is 3.44. The number of halogens is 1. The highest BCUT2D eigenvalue weighted by atomic mass is 35.5. The summed E-state index contributed by atoms with van der Waals surface area (Å²) in [6, 6.07) is 28.8. The van der Waals surface area contributed by atoms with E-state index in [2.05, 4.69) is 28.7 Å². The lowest BCUT2D eigenvalue weighted by Gasteiger charge is -2.11. The maximum atomic E-state index is 11.8. The molecule has 1 amide bonds. The third kappa shape index (κ3) is 5.65. The second kappa shape index (κ2) is 10.5. The van der Waals surface area contributed by atoms with E-state index in [0.717, 1.165) is 16.5 Å². The fourth-order valence-electron chi connectivity index (χ4n) is 3.20. The molecule has 5 nitrogen and oxygen atoms in total. The summed E-state index contributed by atoms with van der Waals surface area (Å²) in [5.41, 5.74) is 2.53. The van der Waals surface area contributed by atoms with Crippen molar-refractivity contribution < 1.29 is 14.4 Å². The van der Waals surface area contributed by atoms with Crippen LogP contribution in [0, 0.1) is 0 Å². The van der Waals surface area contributed by atoms with Gasteiger partial charge in [-0.15, -0.1) is 0 Å². The largest absolute Gasteiger partial charge is 0.487 e. The van der Waals surface area contributed by atoms with Crippen LogP contribution in [0.15, 0.2) is 96.2 Å². The number of carbonyl (C=O) groups excluding carboxylic acids is 1. The van der Waals surface area contributed by atoms with Crippen LogP contribution in [0.25, 0.3) is 10.8 Å². The van der Waals surface area contributed by atoms with Gasteiger partial charge in [0.1, 0.15) is 12.4 Å². The third-order valence-corrected chi connectivity index (χ3v) is 5.04. The molecule has 160 valence electrons. The predicted molar refractivity (Wildman–Crippen MR) is 128 cm³/mol. The summed E-state index contributed by atoms with van der Waals surface area (Å²) in [6.45, 7) is 0.222. The van der Waals surface area contributed by atoms with E-state index in [9.17, 15) is 4.79 Å². The van der Waals surface area contributed by atoms with Crippen molar-refractivity contribution in [2.75, 3.05) is 11.9 Å². The van der Waals surface area contributed by atoms with Gasteiger partial charge in [0.15, 0.2) is 6.61 Å². The number of carbonyl (C=O) groups is 1. The summed E-state index contributed by atoms with van der Waals surface area (Å²) in [5.74, 6) is 0.295. The van der Waals surface area contributed by atoms with E-state index in [1.54, 1.807) is 24.3 Å². The molecule has 0 aliphatic rings. The van der Waals surface area contributed by atoms with Crippen molar-refractivity contribution in [2.24, 2.45) is 5.16 Å². The third-order valence-electron chi connectivity index (χ3n) is 4.75. The Morgan fingerprint density at radius 3 is 2.56 bits per heavy atom. The molecule has 0 radical (unpaired) electrons. The van der Waals surface area contributed by atoms with E-state index < -0.39 is 0 Å². The Bertz CT molecular complexity index is 1240. The number of hydrogen-bond acceptors (Lipinski definition) is 4. The molecule has 0 aliphatic carbocycles. The minimum atomic E-state index is -0.288. The molecule has 0 unspecified atom stereocenters. The van der Waals surface area contributed by atoms with Gasteiger partial charge in [-0.1, -0.05) is 77.4 Å². The van der Waals surface area contributed by atoms with Gasteiger partial charge in [0.25, 0.3) is 5.91 Å². The van der Waals surface area contributed by atoms with Crippen molar-refractivity contribution in [1.82, 2.24) is 0 Å². The molecule has 6 heteroatoms. The summed E-state index contributed by atoms with van der Waals surface area (Å²) in [5, 5.41) is 9.35. The van der Waals surface area contributed by atoms with Crippen molar-refractivity contribution in [1.29, 1.82) is 0 Å². The van der Waals surface area contributed by atoms with Crippen molar-refractivity contribution in [3.63, 3.8) is 0 Å². The van der Waals surface area contributed by atoms with Crippen LogP contribution in [0.2, 0.25) is 5.02 Å². The van der Waals surface area contributed by atoms with Gasteiger partial charge in [-0.3, -0.25) is 4.79 Å². The standard InChI is InChI=1S/C26H21ClN2O3/c27-24-15-19(16-28-32-18-26(30)29-22-10-2-1-3-11-22)13-14-25(24)31-17-21-9-6-8-20-7-4-5-12-23(20)21/h1-16H,17-18H2,(H,29,30)/b28-16+. The van der Waals surface area contributed by atoms with Gasteiger partial charge in [-0.2, -0.15) is 0 Å². The zero-order valence-electron chi connectivity index (χ0n) is 17.2. The topological polar surface area (TPSA) is 59.9 Å². The highest BCUT2D eigenvalue weighted by Gasteiger charge is 2.06. The normalized spacial score (nSPS) is 10.9. The van der Waals surface area contributed by atoms with Crippen molar-refractivity contribution in [3.05, 3.63) is 107 Å². The molecule has 4 rings (SSSR count). The Hall–Kier alpha value is -3.83. The molecule has 0 saturated carbocycles. The van der Waals surface area contributed by atoms with Crippen LogP contribution in [-0.2, 0) is 16.2 Å². The van der Waals surface area contributed by atoms with Crippen LogP contribution in [0.5, 0.6) is 5.75 Å². The number of rotatable bonds is 8. The Kier molecular flexibility index (Phi) is 7.00. The Balaban J connectivity index is 1.30. The van der Waals surface area contributed by atoms with Crippen molar-refractivity contribution in [2.45, 2.75) is 6.61 Å². The van der Waals surface area contributed by atoms with Crippen LogP contribution in [0.1, 0.15) is 11.1 Å². The van der Waals surface area contributed by atoms with Gasteiger partial charge in [0.2, 0.25) is 0 Å². The average Bonchev–Trinajstić information content (AvgIpc) is 2.82. The SMILES string of the molecule is O=C(CO/N=C/c1ccc(OCc2cccc3ccccc23)c(Cl)c1)Nc1ccccc1. The highest BCUT2D eigenvalue weighted by molar-refractivity contribution is 6.32. The Morgan fingerprint density at radius 2 is 1.72 bits per heavy atom. The lowest BCUT2D eigenvalue weighted by Crippen LogP contribution is -2.16.